The number of ether oxygens (including phenoxy) is 2. The minimum absolute atomic E-state index is 0.0531. The molecule has 36 heavy (non-hydrogen) atoms. The zero-order chi connectivity index (χ0) is 26.8. The number of esters is 2. The smallest absolute Gasteiger partial charge is 0.308 e. The molecule has 1 aliphatic heterocycles. The lowest BCUT2D eigenvalue weighted by Gasteiger charge is -2.44. The Bertz CT molecular complexity index is 841. The van der Waals surface area contributed by atoms with Crippen molar-refractivity contribution in [2.24, 2.45) is 35.0 Å². The van der Waals surface area contributed by atoms with Crippen LogP contribution in [0.2, 0.25) is 18.6 Å². The van der Waals surface area contributed by atoms with Crippen molar-refractivity contribution in [1.29, 1.82) is 0 Å². The summed E-state index contributed by atoms with van der Waals surface area (Å²) in [5.41, 5.74) is 2.07. The van der Waals surface area contributed by atoms with Crippen LogP contribution in [0.25, 0.3) is 0 Å². The van der Waals surface area contributed by atoms with Gasteiger partial charge in [0.15, 0.2) is 0 Å². The van der Waals surface area contributed by atoms with Gasteiger partial charge in [-0.05, 0) is 60.0 Å². The Morgan fingerprint density at radius 1 is 1.22 bits per heavy atom. The van der Waals surface area contributed by atoms with Crippen LogP contribution in [-0.4, -0.2) is 44.2 Å². The first-order valence-corrected chi connectivity index (χ1v) is 17.2. The lowest BCUT2D eigenvalue weighted by atomic mass is 9.65. The molecule has 1 N–H and O–H groups in total. The molecule has 0 aromatic heterocycles. The van der Waals surface area contributed by atoms with Gasteiger partial charge in [0.05, 0.1) is 18.4 Å². The molecule has 1 heterocycles. The molecule has 0 bridgehead atoms. The minimum Gasteiger partial charge on any atom is -0.462 e. The van der Waals surface area contributed by atoms with Gasteiger partial charge in [0.25, 0.3) is 0 Å². The molecule has 0 aromatic rings. The average molecular weight is 519 g/mol. The van der Waals surface area contributed by atoms with Crippen molar-refractivity contribution in [2.75, 3.05) is 0 Å². The summed E-state index contributed by atoms with van der Waals surface area (Å²) in [6, 6.07) is 0. The van der Waals surface area contributed by atoms with Gasteiger partial charge in [-0.15, -0.1) is 0 Å². The Kier molecular flexibility index (Phi) is 9.70. The predicted molar refractivity (Wildman–Crippen MR) is 147 cm³/mol. The third-order valence-electron chi connectivity index (χ3n) is 8.85. The number of hydrogen-bond acceptors (Lipinski definition) is 5. The lowest BCUT2D eigenvalue weighted by Crippen LogP contribution is -2.42. The van der Waals surface area contributed by atoms with Gasteiger partial charge in [-0.1, -0.05) is 72.9 Å². The van der Waals surface area contributed by atoms with E-state index in [4.69, 9.17) is 9.47 Å². The fourth-order valence-electron chi connectivity index (χ4n) is 7.01. The number of aliphatic hydroxyl groups is 1. The van der Waals surface area contributed by atoms with Gasteiger partial charge in [-0.3, -0.25) is 9.59 Å². The first-order valence-electron chi connectivity index (χ1n) is 14.2. The van der Waals surface area contributed by atoms with Gasteiger partial charge in [0.2, 0.25) is 0 Å². The number of carbonyl (C=O) groups excluding carboxylic acids is 2. The maximum absolute atomic E-state index is 13.4. The van der Waals surface area contributed by atoms with E-state index in [9.17, 15) is 14.7 Å². The van der Waals surface area contributed by atoms with Crippen LogP contribution in [0.3, 0.4) is 0 Å². The number of cyclic esters (lactones) is 1. The molecule has 3 aliphatic rings. The van der Waals surface area contributed by atoms with E-state index in [1.807, 2.05) is 6.92 Å². The number of rotatable bonds is 8. The molecule has 1 fully saturated rings. The molecule has 0 amide bonds. The van der Waals surface area contributed by atoms with Crippen molar-refractivity contribution in [3.05, 3.63) is 23.8 Å². The molecule has 0 aromatic carbocycles. The number of allylic oxidation sites excluding steroid dienone is 3. The summed E-state index contributed by atoms with van der Waals surface area (Å²) in [7, 11) is -0.919. The van der Waals surface area contributed by atoms with E-state index in [0.29, 0.717) is 29.7 Å². The van der Waals surface area contributed by atoms with Crippen LogP contribution in [0.5, 0.6) is 0 Å². The van der Waals surface area contributed by atoms with Crippen LogP contribution < -0.4 is 0 Å². The molecule has 2 aliphatic carbocycles. The highest BCUT2D eigenvalue weighted by atomic mass is 28.3. The third-order valence-corrected chi connectivity index (χ3v) is 11.7. The molecule has 5 nitrogen and oxygen atoms in total. The van der Waals surface area contributed by atoms with Crippen LogP contribution >= 0.6 is 0 Å². The van der Waals surface area contributed by atoms with Crippen molar-refractivity contribution >= 4 is 20.7 Å². The molecule has 1 saturated heterocycles. The number of hydrogen-bond donors (Lipinski definition) is 1. The first kappa shape index (κ1) is 29.2. The highest BCUT2D eigenvalue weighted by Crippen LogP contribution is 2.46. The summed E-state index contributed by atoms with van der Waals surface area (Å²) in [6.07, 6.45) is 9.85. The second-order valence-corrected chi connectivity index (χ2v) is 16.7. The van der Waals surface area contributed by atoms with Gasteiger partial charge in [-0.25, -0.2) is 0 Å². The van der Waals surface area contributed by atoms with E-state index < -0.39 is 14.9 Å². The van der Waals surface area contributed by atoms with Crippen LogP contribution in [-0.2, 0) is 19.1 Å². The Morgan fingerprint density at radius 2 is 1.92 bits per heavy atom. The Hall–Kier alpha value is -1.40. The van der Waals surface area contributed by atoms with Crippen molar-refractivity contribution < 1.29 is 24.2 Å². The van der Waals surface area contributed by atoms with E-state index >= 15 is 0 Å². The van der Waals surface area contributed by atoms with Gasteiger partial charge >= 0.3 is 11.9 Å². The average Bonchev–Trinajstić information content (AvgIpc) is 2.75. The summed E-state index contributed by atoms with van der Waals surface area (Å²) in [6.45, 7) is 18.2. The standard InChI is InChI=1S/C30H50O5Si/c1-18-13-21-10-9-19(2)24(12-11-23-16-22(31)17-27(32)34-23)28(21)25(14-18)35-29(33)20(3)15-26(36(7)8)30(4,5)6/h9-10,13,18-20,22-26,28,31,36H,11-12,14-17H2,1-8H3/t18-,19-,20-,22-,23?,24-,25+,26?,28-/m1/s1. The maximum atomic E-state index is 13.4. The van der Waals surface area contributed by atoms with Crippen molar-refractivity contribution in [2.45, 2.75) is 117 Å². The fourth-order valence-corrected chi connectivity index (χ4v) is 9.96. The van der Waals surface area contributed by atoms with E-state index in [1.165, 1.54) is 5.57 Å². The maximum Gasteiger partial charge on any atom is 0.308 e. The second-order valence-electron chi connectivity index (χ2n) is 13.4. The summed E-state index contributed by atoms with van der Waals surface area (Å²) in [5, 5.41) is 10.0. The molecule has 9 atom stereocenters. The number of carbonyl (C=O) groups is 2. The largest absolute Gasteiger partial charge is 0.462 e. The van der Waals surface area contributed by atoms with E-state index in [-0.39, 0.29) is 47.8 Å². The molecule has 6 heteroatoms. The van der Waals surface area contributed by atoms with E-state index in [0.717, 1.165) is 25.7 Å². The second kappa shape index (κ2) is 12.0. The molecular weight excluding hydrogens is 468 g/mol. The molecule has 3 rings (SSSR count). The topological polar surface area (TPSA) is 72.8 Å². The first-order chi connectivity index (χ1) is 16.8. The van der Waals surface area contributed by atoms with E-state index in [2.05, 4.69) is 65.9 Å². The number of fused-ring (bicyclic) bond motifs is 1. The fraction of sp³-hybridized carbons (Fsp3) is 0.800. The normalized spacial score (nSPS) is 34.4. The van der Waals surface area contributed by atoms with Gasteiger partial charge in [-0.2, -0.15) is 0 Å². The Balaban J connectivity index is 1.72. The summed E-state index contributed by atoms with van der Waals surface area (Å²) < 4.78 is 11.9. The quantitative estimate of drug-likeness (QED) is 0.311. The molecule has 0 spiro atoms. The Labute approximate surface area is 220 Å². The summed E-state index contributed by atoms with van der Waals surface area (Å²) >= 11 is 0. The highest BCUT2D eigenvalue weighted by Gasteiger charge is 2.42. The van der Waals surface area contributed by atoms with Gasteiger partial charge in [0, 0.05) is 21.1 Å². The predicted octanol–water partition coefficient (Wildman–Crippen LogP) is 6.08. The van der Waals surface area contributed by atoms with Crippen molar-refractivity contribution in [3.63, 3.8) is 0 Å². The van der Waals surface area contributed by atoms with Gasteiger partial charge in [0.1, 0.15) is 12.2 Å². The van der Waals surface area contributed by atoms with Crippen LogP contribution in [0.15, 0.2) is 23.8 Å². The molecule has 0 radical (unpaired) electrons. The Morgan fingerprint density at radius 3 is 2.53 bits per heavy atom. The van der Waals surface area contributed by atoms with Crippen molar-refractivity contribution in [1.82, 2.24) is 0 Å². The highest BCUT2D eigenvalue weighted by molar-refractivity contribution is 6.57. The van der Waals surface area contributed by atoms with Gasteiger partial charge < -0.3 is 14.6 Å². The van der Waals surface area contributed by atoms with E-state index in [1.54, 1.807) is 0 Å². The van der Waals surface area contributed by atoms with Crippen LogP contribution in [0, 0.1) is 35.0 Å². The zero-order valence-electron chi connectivity index (χ0n) is 23.8. The molecular formula is C30H50O5Si. The lowest BCUT2D eigenvalue weighted by molar-refractivity contribution is -0.162. The summed E-state index contributed by atoms with van der Waals surface area (Å²) in [5.74, 6) is 0.726. The van der Waals surface area contributed by atoms with Crippen LogP contribution in [0.4, 0.5) is 0 Å². The minimum atomic E-state index is -0.919. The molecule has 204 valence electrons. The third kappa shape index (κ3) is 7.34. The molecule has 2 unspecified atom stereocenters. The van der Waals surface area contributed by atoms with Crippen LogP contribution in [0.1, 0.15) is 80.1 Å². The SMILES string of the molecule is C[C@@H]1C=C2C=C[C@@H](C)[C@@H](CCC3C[C@@H](O)CC(=O)O3)[C@@H]2[C@@H](OC(=O)[C@H](C)CC([SiH](C)C)C(C)(C)C)C1. The monoisotopic (exact) mass is 518 g/mol. The summed E-state index contributed by atoms with van der Waals surface area (Å²) in [4.78, 5) is 25.2. The van der Waals surface area contributed by atoms with Crippen molar-refractivity contribution in [3.8, 4) is 0 Å². The zero-order valence-corrected chi connectivity index (χ0v) is 25.0. The molecule has 0 saturated carbocycles. The number of aliphatic hydroxyl groups excluding tert-OH is 1.